The Hall–Kier alpha value is -2.20. The second-order valence-corrected chi connectivity index (χ2v) is 5.25. The maximum Gasteiger partial charge on any atom is 0.255 e. The highest BCUT2D eigenvalue weighted by molar-refractivity contribution is 6.32. The summed E-state index contributed by atoms with van der Waals surface area (Å²) in [6.45, 7) is 0.489. The lowest BCUT2D eigenvalue weighted by Crippen LogP contribution is -2.32. The fraction of sp³-hybridized carbons (Fsp3) is 0.188. The van der Waals surface area contributed by atoms with E-state index in [9.17, 15) is 9.90 Å². The summed E-state index contributed by atoms with van der Waals surface area (Å²) in [5.41, 5.74) is 1.12. The minimum Gasteiger partial charge on any atom is -0.507 e. The Morgan fingerprint density at radius 3 is 2.86 bits per heavy atom. The number of benzene rings is 2. The van der Waals surface area contributed by atoms with E-state index in [1.54, 1.807) is 24.3 Å². The van der Waals surface area contributed by atoms with Gasteiger partial charge in [-0.05, 0) is 18.2 Å². The van der Waals surface area contributed by atoms with Crippen molar-refractivity contribution in [1.29, 1.82) is 0 Å². The zero-order chi connectivity index (χ0) is 14.8. The summed E-state index contributed by atoms with van der Waals surface area (Å²) >= 11 is 6.11. The minimum absolute atomic E-state index is 0.0339. The van der Waals surface area contributed by atoms with Gasteiger partial charge in [0, 0.05) is 12.0 Å². The van der Waals surface area contributed by atoms with E-state index in [1.807, 2.05) is 12.1 Å². The molecule has 0 aromatic heterocycles. The van der Waals surface area contributed by atoms with Crippen LogP contribution in [-0.4, -0.2) is 17.6 Å². The van der Waals surface area contributed by atoms with Crippen molar-refractivity contribution in [3.05, 3.63) is 58.6 Å². The zero-order valence-electron chi connectivity index (χ0n) is 11.2. The van der Waals surface area contributed by atoms with E-state index in [0.717, 1.165) is 5.56 Å². The van der Waals surface area contributed by atoms with Crippen LogP contribution in [-0.2, 0) is 0 Å². The number of aromatic hydroxyl groups is 1. The summed E-state index contributed by atoms with van der Waals surface area (Å²) in [4.78, 5) is 12.3. The molecule has 2 N–H and O–H groups in total. The van der Waals surface area contributed by atoms with Crippen molar-refractivity contribution < 1.29 is 14.6 Å². The Kier molecular flexibility index (Phi) is 3.71. The van der Waals surface area contributed by atoms with Gasteiger partial charge in [-0.2, -0.15) is 0 Å². The smallest absolute Gasteiger partial charge is 0.255 e. The van der Waals surface area contributed by atoms with Crippen LogP contribution in [0.25, 0.3) is 0 Å². The molecule has 0 fully saturated rings. The number of ether oxygens (including phenoxy) is 1. The van der Waals surface area contributed by atoms with Crippen LogP contribution in [0.4, 0.5) is 0 Å². The van der Waals surface area contributed by atoms with Gasteiger partial charge in [0.15, 0.2) is 0 Å². The van der Waals surface area contributed by atoms with E-state index in [4.69, 9.17) is 16.3 Å². The third-order valence-electron chi connectivity index (χ3n) is 3.48. The highest BCUT2D eigenvalue weighted by Gasteiger charge is 2.25. The molecular weight excluding hydrogens is 290 g/mol. The first-order valence-electron chi connectivity index (χ1n) is 6.67. The molecule has 4 nitrogen and oxygen atoms in total. The molecule has 0 saturated heterocycles. The molecule has 1 atom stereocenters. The first kappa shape index (κ1) is 13.8. The van der Waals surface area contributed by atoms with Crippen LogP contribution >= 0.6 is 11.6 Å². The normalized spacial score (nSPS) is 16.7. The maximum absolute atomic E-state index is 12.3. The van der Waals surface area contributed by atoms with Crippen LogP contribution in [0.5, 0.6) is 11.5 Å². The van der Waals surface area contributed by atoms with Crippen molar-refractivity contribution in [2.24, 2.45) is 0 Å². The predicted molar refractivity (Wildman–Crippen MR) is 79.9 cm³/mol. The summed E-state index contributed by atoms with van der Waals surface area (Å²) in [6, 6.07) is 11.8. The topological polar surface area (TPSA) is 58.6 Å². The Morgan fingerprint density at radius 1 is 1.24 bits per heavy atom. The largest absolute Gasteiger partial charge is 0.507 e. The van der Waals surface area contributed by atoms with Crippen LogP contribution in [0, 0.1) is 0 Å². The first-order chi connectivity index (χ1) is 10.2. The highest BCUT2D eigenvalue weighted by Crippen LogP contribution is 2.37. The van der Waals surface area contributed by atoms with Crippen molar-refractivity contribution >= 4 is 17.5 Å². The molecule has 5 heteroatoms. The lowest BCUT2D eigenvalue weighted by atomic mass is 10.00. The van der Waals surface area contributed by atoms with E-state index in [1.165, 1.54) is 6.07 Å². The summed E-state index contributed by atoms with van der Waals surface area (Å²) in [5, 5.41) is 13.2. The summed E-state index contributed by atoms with van der Waals surface area (Å²) in [5.74, 6) is 0.271. The molecule has 0 radical (unpaired) electrons. The monoisotopic (exact) mass is 303 g/mol. The number of hydrogen-bond donors (Lipinski definition) is 2. The van der Waals surface area contributed by atoms with Crippen molar-refractivity contribution in [2.45, 2.75) is 12.5 Å². The molecular formula is C16H14ClNO3. The minimum atomic E-state index is -0.314. The maximum atomic E-state index is 12.3. The lowest BCUT2D eigenvalue weighted by Gasteiger charge is -2.27. The van der Waals surface area contributed by atoms with Crippen molar-refractivity contribution in [3.63, 3.8) is 0 Å². The van der Waals surface area contributed by atoms with Gasteiger partial charge in [0.1, 0.15) is 11.5 Å². The number of hydrogen-bond acceptors (Lipinski definition) is 3. The third-order valence-corrected chi connectivity index (χ3v) is 3.78. The van der Waals surface area contributed by atoms with Crippen molar-refractivity contribution in [2.75, 3.05) is 6.61 Å². The van der Waals surface area contributed by atoms with Crippen LogP contribution < -0.4 is 10.1 Å². The number of carbonyl (C=O) groups excluding carboxylic acids is 1. The molecule has 108 valence electrons. The summed E-state index contributed by atoms with van der Waals surface area (Å²) in [6.07, 6.45) is 0.659. The van der Waals surface area contributed by atoms with Gasteiger partial charge in [0.2, 0.25) is 0 Å². The Bertz CT molecular complexity index is 687. The molecule has 1 heterocycles. The number of para-hydroxylation sites is 2. The molecule has 0 saturated carbocycles. The van der Waals surface area contributed by atoms with Crippen LogP contribution in [0.1, 0.15) is 28.4 Å². The molecule has 1 amide bonds. The van der Waals surface area contributed by atoms with Gasteiger partial charge < -0.3 is 15.2 Å². The third kappa shape index (κ3) is 2.67. The highest BCUT2D eigenvalue weighted by atomic mass is 35.5. The van der Waals surface area contributed by atoms with Crippen molar-refractivity contribution in [3.8, 4) is 11.5 Å². The average molecular weight is 304 g/mol. The van der Waals surface area contributed by atoms with Gasteiger partial charge >= 0.3 is 0 Å². The van der Waals surface area contributed by atoms with Crippen LogP contribution in [0.2, 0.25) is 5.02 Å². The van der Waals surface area contributed by atoms with E-state index in [-0.39, 0.29) is 23.3 Å². The number of amides is 1. The Labute approximate surface area is 127 Å². The van der Waals surface area contributed by atoms with Gasteiger partial charge in [-0.1, -0.05) is 35.9 Å². The van der Waals surface area contributed by atoms with Gasteiger partial charge in [0.25, 0.3) is 5.91 Å². The summed E-state index contributed by atoms with van der Waals surface area (Å²) in [7, 11) is 0. The van der Waals surface area contributed by atoms with Crippen molar-refractivity contribution in [1.82, 2.24) is 5.32 Å². The number of nitrogens with one attached hydrogen (secondary N) is 1. The van der Waals surface area contributed by atoms with E-state index in [0.29, 0.717) is 23.8 Å². The predicted octanol–water partition coefficient (Wildman–Crippen LogP) is 3.30. The lowest BCUT2D eigenvalue weighted by molar-refractivity contribution is 0.0922. The van der Waals surface area contributed by atoms with E-state index in [2.05, 4.69) is 5.32 Å². The average Bonchev–Trinajstić information content (AvgIpc) is 2.49. The Morgan fingerprint density at radius 2 is 2.05 bits per heavy atom. The quantitative estimate of drug-likeness (QED) is 0.895. The summed E-state index contributed by atoms with van der Waals surface area (Å²) < 4.78 is 5.56. The number of fused-ring (bicyclic) bond motifs is 1. The number of carbonyl (C=O) groups is 1. The number of phenols is 1. The number of halogens is 1. The molecule has 2 aromatic carbocycles. The number of rotatable bonds is 2. The zero-order valence-corrected chi connectivity index (χ0v) is 11.9. The van der Waals surface area contributed by atoms with Crippen LogP contribution in [0.3, 0.4) is 0 Å². The molecule has 3 rings (SSSR count). The molecule has 1 aliphatic rings. The molecule has 21 heavy (non-hydrogen) atoms. The fourth-order valence-corrected chi connectivity index (χ4v) is 2.67. The SMILES string of the molecule is O=C(NC1CCOc2c(Cl)cccc21)c1ccccc1O. The molecule has 0 aliphatic carbocycles. The van der Waals surface area contributed by atoms with Gasteiger partial charge in [0.05, 0.1) is 23.2 Å². The van der Waals surface area contributed by atoms with Gasteiger partial charge in [-0.25, -0.2) is 0 Å². The second-order valence-electron chi connectivity index (χ2n) is 4.84. The standard InChI is InChI=1S/C16H14ClNO3/c17-12-6-3-5-10-13(8-9-21-15(10)12)18-16(20)11-4-1-2-7-14(11)19/h1-7,13,19H,8-9H2,(H,18,20). The Balaban J connectivity index is 1.86. The van der Waals surface area contributed by atoms with E-state index < -0.39 is 0 Å². The molecule has 0 spiro atoms. The van der Waals surface area contributed by atoms with Crippen LogP contribution in [0.15, 0.2) is 42.5 Å². The molecule has 2 aromatic rings. The second kappa shape index (κ2) is 5.66. The van der Waals surface area contributed by atoms with Gasteiger partial charge in [-0.15, -0.1) is 0 Å². The molecule has 1 unspecified atom stereocenters. The van der Waals surface area contributed by atoms with E-state index >= 15 is 0 Å². The van der Waals surface area contributed by atoms with Gasteiger partial charge in [-0.3, -0.25) is 4.79 Å². The fourth-order valence-electron chi connectivity index (χ4n) is 2.44. The first-order valence-corrected chi connectivity index (χ1v) is 7.04. The molecule has 1 aliphatic heterocycles. The number of phenolic OH excluding ortho intramolecular Hbond substituents is 1. The molecule has 0 bridgehead atoms.